The molecule has 2 atom stereocenters. The van der Waals surface area contributed by atoms with Gasteiger partial charge in [0, 0.05) is 17.3 Å². The van der Waals surface area contributed by atoms with Crippen LogP contribution in [0.5, 0.6) is 0 Å². The van der Waals surface area contributed by atoms with E-state index in [1.54, 1.807) is 0 Å². The standard InChI is InChI=1S/C17H23NO/c1-3-10-18-15-9-5-8-14(15)16-11-13-7-4-6-12(2)17(13)19-16/h4,6-7,11,14-15,18H,3,5,8-10H2,1-2H3. The summed E-state index contributed by atoms with van der Waals surface area (Å²) in [4.78, 5) is 0. The highest BCUT2D eigenvalue weighted by molar-refractivity contribution is 5.81. The third kappa shape index (κ3) is 2.42. The Morgan fingerprint density at radius 3 is 3.00 bits per heavy atom. The summed E-state index contributed by atoms with van der Waals surface area (Å²) in [6, 6.07) is 9.23. The van der Waals surface area contributed by atoms with Gasteiger partial charge in [-0.3, -0.25) is 0 Å². The minimum Gasteiger partial charge on any atom is -0.460 e. The van der Waals surface area contributed by atoms with Crippen LogP contribution in [0.3, 0.4) is 0 Å². The quantitative estimate of drug-likeness (QED) is 0.879. The van der Waals surface area contributed by atoms with Gasteiger partial charge in [-0.25, -0.2) is 0 Å². The lowest BCUT2D eigenvalue weighted by Gasteiger charge is -2.18. The van der Waals surface area contributed by atoms with Crippen LogP contribution in [0.1, 0.15) is 49.8 Å². The topological polar surface area (TPSA) is 25.2 Å². The number of para-hydroxylation sites is 1. The van der Waals surface area contributed by atoms with E-state index in [-0.39, 0.29) is 0 Å². The Kier molecular flexibility index (Phi) is 3.61. The Balaban J connectivity index is 1.88. The average Bonchev–Trinajstić information content (AvgIpc) is 3.02. The van der Waals surface area contributed by atoms with Gasteiger partial charge in [-0.05, 0) is 44.4 Å². The van der Waals surface area contributed by atoms with Gasteiger partial charge in [0.05, 0.1) is 0 Å². The van der Waals surface area contributed by atoms with Gasteiger partial charge in [0.25, 0.3) is 0 Å². The van der Waals surface area contributed by atoms with Gasteiger partial charge in [0.15, 0.2) is 0 Å². The molecule has 2 unspecified atom stereocenters. The van der Waals surface area contributed by atoms with E-state index in [9.17, 15) is 0 Å². The van der Waals surface area contributed by atoms with Crippen molar-refractivity contribution in [2.24, 2.45) is 0 Å². The van der Waals surface area contributed by atoms with Crippen molar-refractivity contribution in [1.82, 2.24) is 5.32 Å². The zero-order valence-electron chi connectivity index (χ0n) is 11.9. The van der Waals surface area contributed by atoms with Crippen LogP contribution in [0.2, 0.25) is 0 Å². The Bertz CT molecular complexity index is 557. The lowest BCUT2D eigenvalue weighted by atomic mass is 10.00. The first-order valence-electron chi connectivity index (χ1n) is 7.52. The highest BCUT2D eigenvalue weighted by Gasteiger charge is 2.30. The molecular weight excluding hydrogens is 234 g/mol. The van der Waals surface area contributed by atoms with E-state index < -0.39 is 0 Å². The van der Waals surface area contributed by atoms with Crippen molar-refractivity contribution in [3.8, 4) is 0 Å². The van der Waals surface area contributed by atoms with Gasteiger partial charge in [0.1, 0.15) is 11.3 Å². The third-order valence-corrected chi connectivity index (χ3v) is 4.30. The van der Waals surface area contributed by atoms with Crippen molar-refractivity contribution in [2.75, 3.05) is 6.54 Å². The maximum absolute atomic E-state index is 6.15. The van der Waals surface area contributed by atoms with Gasteiger partial charge in [-0.1, -0.05) is 31.5 Å². The average molecular weight is 257 g/mol. The molecule has 2 aromatic rings. The third-order valence-electron chi connectivity index (χ3n) is 4.30. The van der Waals surface area contributed by atoms with Crippen LogP contribution in [0, 0.1) is 6.92 Å². The van der Waals surface area contributed by atoms with Crippen LogP contribution in [-0.2, 0) is 0 Å². The van der Waals surface area contributed by atoms with Gasteiger partial charge in [0.2, 0.25) is 0 Å². The van der Waals surface area contributed by atoms with Crippen molar-refractivity contribution in [3.05, 3.63) is 35.6 Å². The molecule has 0 aliphatic heterocycles. The number of furan rings is 1. The van der Waals surface area contributed by atoms with Crippen LogP contribution in [0.15, 0.2) is 28.7 Å². The largest absolute Gasteiger partial charge is 0.460 e. The van der Waals surface area contributed by atoms with Crippen molar-refractivity contribution < 1.29 is 4.42 Å². The summed E-state index contributed by atoms with van der Waals surface area (Å²) in [5.74, 6) is 1.73. The van der Waals surface area contributed by atoms with E-state index in [2.05, 4.69) is 43.4 Å². The summed E-state index contributed by atoms with van der Waals surface area (Å²) in [5, 5.41) is 4.93. The molecule has 1 fully saturated rings. The zero-order valence-corrected chi connectivity index (χ0v) is 11.9. The van der Waals surface area contributed by atoms with E-state index in [1.807, 2.05) is 0 Å². The molecule has 1 heterocycles. The number of rotatable bonds is 4. The van der Waals surface area contributed by atoms with Crippen LogP contribution in [0.4, 0.5) is 0 Å². The fourth-order valence-corrected chi connectivity index (χ4v) is 3.29. The summed E-state index contributed by atoms with van der Waals surface area (Å²) in [5.41, 5.74) is 2.30. The first-order valence-corrected chi connectivity index (χ1v) is 7.52. The van der Waals surface area contributed by atoms with Gasteiger partial charge in [-0.2, -0.15) is 0 Å². The smallest absolute Gasteiger partial charge is 0.137 e. The highest BCUT2D eigenvalue weighted by atomic mass is 16.3. The Morgan fingerprint density at radius 1 is 1.32 bits per heavy atom. The molecular formula is C17H23NO. The molecule has 0 spiro atoms. The van der Waals surface area contributed by atoms with Crippen molar-refractivity contribution in [2.45, 2.75) is 51.5 Å². The minimum atomic E-state index is 0.554. The highest BCUT2D eigenvalue weighted by Crippen LogP contribution is 2.37. The second-order valence-corrected chi connectivity index (χ2v) is 5.74. The molecule has 1 N–H and O–H groups in total. The fourth-order valence-electron chi connectivity index (χ4n) is 3.29. The van der Waals surface area contributed by atoms with E-state index in [0.29, 0.717) is 12.0 Å². The van der Waals surface area contributed by atoms with Crippen molar-refractivity contribution >= 4 is 11.0 Å². The van der Waals surface area contributed by atoms with Crippen molar-refractivity contribution in [3.63, 3.8) is 0 Å². The minimum absolute atomic E-state index is 0.554. The maximum atomic E-state index is 6.15. The lowest BCUT2D eigenvalue weighted by molar-refractivity contribution is 0.416. The number of aryl methyl sites for hydroxylation is 1. The summed E-state index contributed by atoms with van der Waals surface area (Å²) in [6.07, 6.45) is 5.03. The second kappa shape index (κ2) is 5.38. The molecule has 2 nitrogen and oxygen atoms in total. The molecule has 1 aromatic heterocycles. The molecule has 1 aromatic carbocycles. The summed E-state index contributed by atoms with van der Waals surface area (Å²) >= 11 is 0. The van der Waals surface area contributed by atoms with E-state index >= 15 is 0 Å². The fraction of sp³-hybridized carbons (Fsp3) is 0.529. The normalized spacial score (nSPS) is 23.3. The summed E-state index contributed by atoms with van der Waals surface area (Å²) in [6.45, 7) is 5.46. The molecule has 1 saturated carbocycles. The van der Waals surface area contributed by atoms with Crippen LogP contribution in [-0.4, -0.2) is 12.6 Å². The van der Waals surface area contributed by atoms with Gasteiger partial charge < -0.3 is 9.73 Å². The predicted octanol–water partition coefficient (Wildman–Crippen LogP) is 4.38. The van der Waals surface area contributed by atoms with Gasteiger partial charge >= 0.3 is 0 Å². The molecule has 102 valence electrons. The van der Waals surface area contributed by atoms with Crippen molar-refractivity contribution in [1.29, 1.82) is 0 Å². The zero-order chi connectivity index (χ0) is 13.2. The molecule has 1 aliphatic rings. The molecule has 0 saturated heterocycles. The second-order valence-electron chi connectivity index (χ2n) is 5.74. The molecule has 1 aliphatic carbocycles. The first-order chi connectivity index (χ1) is 9.29. The lowest BCUT2D eigenvalue weighted by Crippen LogP contribution is -2.31. The number of hydrogen-bond donors (Lipinski definition) is 1. The van der Waals surface area contributed by atoms with Gasteiger partial charge in [-0.15, -0.1) is 0 Å². The SMILES string of the molecule is CCCNC1CCCC1c1cc2cccc(C)c2o1. The van der Waals surface area contributed by atoms with Crippen LogP contribution < -0.4 is 5.32 Å². The van der Waals surface area contributed by atoms with E-state index in [0.717, 1.165) is 12.1 Å². The summed E-state index contributed by atoms with van der Waals surface area (Å²) < 4.78 is 6.15. The van der Waals surface area contributed by atoms with E-state index in [1.165, 1.54) is 42.4 Å². The number of nitrogens with one attached hydrogen (secondary N) is 1. The Hall–Kier alpha value is -1.28. The first kappa shape index (κ1) is 12.7. The predicted molar refractivity (Wildman–Crippen MR) is 79.6 cm³/mol. The number of benzene rings is 1. The Labute approximate surface area is 115 Å². The Morgan fingerprint density at radius 2 is 2.21 bits per heavy atom. The maximum Gasteiger partial charge on any atom is 0.137 e. The molecule has 0 radical (unpaired) electrons. The van der Waals surface area contributed by atoms with Crippen LogP contribution in [0.25, 0.3) is 11.0 Å². The molecule has 2 heteroatoms. The number of hydrogen-bond acceptors (Lipinski definition) is 2. The van der Waals surface area contributed by atoms with E-state index in [4.69, 9.17) is 4.42 Å². The molecule has 0 amide bonds. The summed E-state index contributed by atoms with van der Waals surface area (Å²) in [7, 11) is 0. The van der Waals surface area contributed by atoms with Crippen LogP contribution >= 0.6 is 0 Å². The number of fused-ring (bicyclic) bond motifs is 1. The molecule has 0 bridgehead atoms. The molecule has 19 heavy (non-hydrogen) atoms. The molecule has 3 rings (SSSR count). The monoisotopic (exact) mass is 257 g/mol.